The topological polar surface area (TPSA) is 98.0 Å². The zero-order valence-electron chi connectivity index (χ0n) is 18.1. The number of aliphatic hydroxyl groups excluding tert-OH is 1. The van der Waals surface area contributed by atoms with Crippen molar-refractivity contribution >= 4 is 31.0 Å². The molecule has 0 spiro atoms. The summed E-state index contributed by atoms with van der Waals surface area (Å²) in [6.07, 6.45) is 1.80. The van der Waals surface area contributed by atoms with Crippen molar-refractivity contribution in [3.05, 3.63) is 89.5 Å². The van der Waals surface area contributed by atoms with Crippen molar-refractivity contribution in [1.82, 2.24) is 0 Å². The minimum atomic E-state index is -4.64. The fourth-order valence-corrected chi connectivity index (χ4v) is 8.32. The molecule has 0 radical (unpaired) electrons. The Morgan fingerprint density at radius 2 is 1.03 bits per heavy atom. The molecule has 0 amide bonds. The summed E-state index contributed by atoms with van der Waals surface area (Å²) in [6, 6.07) is 26.9. The van der Waals surface area contributed by atoms with Gasteiger partial charge in [-0.25, -0.2) is 4.57 Å². The summed E-state index contributed by atoms with van der Waals surface area (Å²) < 4.78 is 8.88. The average Bonchev–Trinajstić information content (AvgIpc) is 2.68. The fourth-order valence-electron chi connectivity index (χ4n) is 3.74. The molecule has 3 aromatic rings. The van der Waals surface area contributed by atoms with Crippen molar-refractivity contribution in [2.24, 2.45) is 0 Å². The quantitative estimate of drug-likeness (QED) is 0.422. The second kappa shape index (κ2) is 11.2. The molecule has 0 aliphatic rings. The maximum absolute atomic E-state index is 9.65. The highest BCUT2D eigenvalue weighted by atomic mass is 31.2. The van der Waals surface area contributed by atoms with Gasteiger partial charge < -0.3 is 19.8 Å². The van der Waals surface area contributed by atoms with Crippen LogP contribution in [0, 0.1) is 20.8 Å². The zero-order valence-corrected chi connectivity index (χ0v) is 19.9. The van der Waals surface area contributed by atoms with Gasteiger partial charge in [0.1, 0.15) is 23.2 Å². The molecule has 166 valence electrons. The lowest BCUT2D eigenvalue weighted by Crippen LogP contribution is -2.34. The van der Waals surface area contributed by atoms with Crippen molar-refractivity contribution in [2.75, 3.05) is 12.8 Å². The van der Waals surface area contributed by atoms with E-state index in [9.17, 15) is 5.11 Å². The van der Waals surface area contributed by atoms with Crippen LogP contribution in [0.1, 0.15) is 23.1 Å². The molecule has 0 heterocycles. The van der Waals surface area contributed by atoms with Crippen LogP contribution in [0.15, 0.2) is 72.8 Å². The largest absolute Gasteiger partial charge is 0.466 e. The molecule has 0 bridgehead atoms. The first-order chi connectivity index (χ1) is 14.6. The Balaban J connectivity index is 0.000000614. The van der Waals surface area contributed by atoms with Gasteiger partial charge in [0.05, 0.1) is 6.16 Å². The summed E-state index contributed by atoms with van der Waals surface area (Å²) in [5.74, 6) is 0. The Kier molecular flexibility index (Phi) is 9.14. The third-order valence-corrected chi connectivity index (χ3v) is 9.45. The van der Waals surface area contributed by atoms with Crippen LogP contribution in [0.25, 0.3) is 0 Å². The van der Waals surface area contributed by atoms with E-state index in [-0.39, 0.29) is 6.61 Å². The van der Waals surface area contributed by atoms with E-state index >= 15 is 0 Å². The van der Waals surface area contributed by atoms with Gasteiger partial charge in [-0.2, -0.15) is 0 Å². The van der Waals surface area contributed by atoms with Crippen molar-refractivity contribution in [2.45, 2.75) is 27.2 Å². The number of aliphatic hydroxyl groups is 1. The van der Waals surface area contributed by atoms with Gasteiger partial charge >= 0.3 is 7.82 Å². The molecular formula is C24H31O5P2+. The molecular weight excluding hydrogens is 430 g/mol. The summed E-state index contributed by atoms with van der Waals surface area (Å²) in [6.45, 7) is 6.72. The van der Waals surface area contributed by atoms with E-state index in [1.165, 1.54) is 32.6 Å². The van der Waals surface area contributed by atoms with Gasteiger partial charge in [0.15, 0.2) is 0 Å². The zero-order chi connectivity index (χ0) is 23.1. The fraction of sp³-hybridized carbons (Fsp3) is 0.250. The van der Waals surface area contributed by atoms with Crippen LogP contribution in [-0.4, -0.2) is 32.6 Å². The van der Waals surface area contributed by atoms with Gasteiger partial charge in [-0.1, -0.05) is 36.4 Å². The predicted octanol–water partition coefficient (Wildman–Crippen LogP) is 3.36. The van der Waals surface area contributed by atoms with Gasteiger partial charge in [0.25, 0.3) is 0 Å². The molecule has 0 saturated heterocycles. The molecule has 3 rings (SSSR count). The minimum Gasteiger partial charge on any atom is -0.396 e. The maximum atomic E-state index is 9.65. The molecule has 3 aromatic carbocycles. The van der Waals surface area contributed by atoms with E-state index < -0.39 is 15.1 Å². The second-order valence-electron chi connectivity index (χ2n) is 7.64. The summed E-state index contributed by atoms with van der Waals surface area (Å²) >= 11 is 0. The molecule has 0 fully saturated rings. The smallest absolute Gasteiger partial charge is 0.396 e. The van der Waals surface area contributed by atoms with E-state index in [1.54, 1.807) is 0 Å². The SMILES string of the molecule is Cc1cccc([P+](CCCO)(c2cccc(C)c2)c2cccc(C)c2)c1.O=P(O)(O)O. The minimum absolute atomic E-state index is 0.227. The third-order valence-electron chi connectivity index (χ3n) is 4.98. The highest BCUT2D eigenvalue weighted by molar-refractivity contribution is 7.95. The van der Waals surface area contributed by atoms with Crippen molar-refractivity contribution in [1.29, 1.82) is 0 Å². The van der Waals surface area contributed by atoms with Gasteiger partial charge in [-0.15, -0.1) is 0 Å². The molecule has 31 heavy (non-hydrogen) atoms. The van der Waals surface area contributed by atoms with Crippen molar-refractivity contribution < 1.29 is 24.4 Å². The lowest BCUT2D eigenvalue weighted by atomic mass is 10.2. The van der Waals surface area contributed by atoms with Gasteiger partial charge in [-0.05, 0) is 73.9 Å². The summed E-state index contributed by atoms with van der Waals surface area (Å²) in [5, 5.41) is 13.9. The molecule has 5 nitrogen and oxygen atoms in total. The Hall–Kier alpha value is -1.84. The van der Waals surface area contributed by atoms with E-state index in [0.29, 0.717) is 0 Å². The summed E-state index contributed by atoms with van der Waals surface area (Å²) in [7, 11) is -6.45. The van der Waals surface area contributed by atoms with Crippen LogP contribution < -0.4 is 15.9 Å². The molecule has 0 unspecified atom stereocenters. The van der Waals surface area contributed by atoms with E-state index in [1.807, 2.05) is 0 Å². The van der Waals surface area contributed by atoms with Crippen LogP contribution >= 0.6 is 15.1 Å². The van der Waals surface area contributed by atoms with E-state index in [4.69, 9.17) is 19.2 Å². The number of aryl methyl sites for hydroxylation is 3. The normalized spacial score (nSPS) is 11.6. The highest BCUT2D eigenvalue weighted by Gasteiger charge is 2.45. The lowest BCUT2D eigenvalue weighted by Gasteiger charge is -2.28. The number of hydrogen-bond acceptors (Lipinski definition) is 2. The first kappa shape index (κ1) is 25.4. The summed E-state index contributed by atoms with van der Waals surface area (Å²) in [5.41, 5.74) is 3.86. The molecule has 0 aliphatic carbocycles. The molecule has 0 atom stereocenters. The standard InChI is InChI=1S/C24H28OP.H3O4P/c1-19-8-4-11-22(16-19)26(15-7-14-25,23-12-5-9-20(2)17-23)24-13-6-10-21(3)18-24;1-5(2,3)4/h4-6,8-13,16-18,25H,7,14-15H2,1-3H3;(H3,1,2,3,4)/q+1;. The first-order valence-corrected chi connectivity index (χ1v) is 13.6. The van der Waals surface area contributed by atoms with Crippen LogP contribution in [0.3, 0.4) is 0 Å². The average molecular weight is 461 g/mol. The molecule has 0 saturated carbocycles. The van der Waals surface area contributed by atoms with Crippen LogP contribution in [-0.2, 0) is 4.57 Å². The molecule has 0 aliphatic heterocycles. The van der Waals surface area contributed by atoms with Gasteiger partial charge in [0.2, 0.25) is 0 Å². The molecule has 4 N–H and O–H groups in total. The van der Waals surface area contributed by atoms with Crippen LogP contribution in [0.5, 0.6) is 0 Å². The maximum Gasteiger partial charge on any atom is 0.466 e. The lowest BCUT2D eigenvalue weighted by molar-refractivity contribution is 0.275. The van der Waals surface area contributed by atoms with E-state index in [0.717, 1.165) is 12.6 Å². The van der Waals surface area contributed by atoms with E-state index in [2.05, 4.69) is 93.6 Å². The van der Waals surface area contributed by atoms with Crippen molar-refractivity contribution in [3.63, 3.8) is 0 Å². The predicted molar refractivity (Wildman–Crippen MR) is 130 cm³/mol. The van der Waals surface area contributed by atoms with Gasteiger partial charge in [0, 0.05) is 13.0 Å². The number of benzene rings is 3. The van der Waals surface area contributed by atoms with Gasteiger partial charge in [-0.3, -0.25) is 0 Å². The highest BCUT2D eigenvalue weighted by Crippen LogP contribution is 2.56. The Bertz CT molecular complexity index is 926. The molecule has 0 aromatic heterocycles. The molecule has 7 heteroatoms. The number of phosphoric acid groups is 1. The first-order valence-electron chi connectivity index (χ1n) is 10.0. The van der Waals surface area contributed by atoms with Crippen molar-refractivity contribution in [3.8, 4) is 0 Å². The second-order valence-corrected chi connectivity index (χ2v) is 12.3. The number of rotatable bonds is 6. The monoisotopic (exact) mass is 461 g/mol. The Morgan fingerprint density at radius 1 is 0.710 bits per heavy atom. The number of hydrogen-bond donors (Lipinski definition) is 4. The third kappa shape index (κ3) is 7.36. The summed E-state index contributed by atoms with van der Waals surface area (Å²) in [4.78, 5) is 21.6. The Labute approximate surface area is 185 Å². The van der Waals surface area contributed by atoms with Crippen LogP contribution in [0.4, 0.5) is 0 Å². The Morgan fingerprint density at radius 3 is 1.29 bits per heavy atom. The van der Waals surface area contributed by atoms with Crippen LogP contribution in [0.2, 0.25) is 0 Å².